The number of hydrogen-bond donors (Lipinski definition) is 3. The number of carbonyl (C=O) groups is 1. The van der Waals surface area contributed by atoms with Gasteiger partial charge in [-0.2, -0.15) is 13.9 Å². The van der Waals surface area contributed by atoms with Gasteiger partial charge >= 0.3 is 6.55 Å². The SMILES string of the molecule is O=C(Nc1ccc2c(cnn2C(F)F)c1)c1c(O)cccc1O. The summed E-state index contributed by atoms with van der Waals surface area (Å²) in [6.45, 7) is -2.76. The Morgan fingerprint density at radius 2 is 1.87 bits per heavy atom. The first-order chi connectivity index (χ1) is 11.0. The molecule has 0 spiro atoms. The minimum Gasteiger partial charge on any atom is -0.507 e. The zero-order valence-corrected chi connectivity index (χ0v) is 11.6. The van der Waals surface area contributed by atoms with Crippen molar-refractivity contribution in [3.05, 3.63) is 48.2 Å². The number of aromatic nitrogens is 2. The molecule has 1 amide bonds. The molecule has 3 rings (SSSR count). The third kappa shape index (κ3) is 2.66. The van der Waals surface area contributed by atoms with Crippen molar-refractivity contribution in [1.82, 2.24) is 9.78 Å². The number of nitrogens with zero attached hydrogens (tertiary/aromatic N) is 2. The van der Waals surface area contributed by atoms with Gasteiger partial charge in [0.15, 0.2) is 0 Å². The number of phenolic OH excluding ortho intramolecular Hbond substituents is 2. The van der Waals surface area contributed by atoms with Gasteiger partial charge in [0.05, 0.1) is 11.7 Å². The van der Waals surface area contributed by atoms with Crippen molar-refractivity contribution in [2.75, 3.05) is 5.32 Å². The molecule has 23 heavy (non-hydrogen) atoms. The monoisotopic (exact) mass is 319 g/mol. The number of alkyl halides is 2. The van der Waals surface area contributed by atoms with Crippen molar-refractivity contribution in [2.45, 2.75) is 6.55 Å². The van der Waals surface area contributed by atoms with Crippen LogP contribution >= 0.6 is 0 Å². The molecule has 0 radical (unpaired) electrons. The number of phenols is 2. The topological polar surface area (TPSA) is 87.4 Å². The second-order valence-electron chi connectivity index (χ2n) is 4.77. The number of amides is 1. The molecule has 0 unspecified atom stereocenters. The lowest BCUT2D eigenvalue weighted by atomic mass is 10.1. The molecule has 0 aliphatic rings. The van der Waals surface area contributed by atoms with Crippen LogP contribution in [0.25, 0.3) is 10.9 Å². The average Bonchev–Trinajstić information content (AvgIpc) is 2.90. The summed E-state index contributed by atoms with van der Waals surface area (Å²) in [5.74, 6) is -1.45. The highest BCUT2D eigenvalue weighted by molar-refractivity contribution is 6.08. The van der Waals surface area contributed by atoms with E-state index in [9.17, 15) is 23.8 Å². The molecule has 0 bridgehead atoms. The van der Waals surface area contributed by atoms with Gasteiger partial charge in [-0.1, -0.05) is 6.07 Å². The summed E-state index contributed by atoms with van der Waals surface area (Å²) in [5, 5.41) is 25.8. The van der Waals surface area contributed by atoms with Gasteiger partial charge in [-0.05, 0) is 30.3 Å². The Hall–Kier alpha value is -3.16. The first kappa shape index (κ1) is 14.8. The number of anilines is 1. The molecule has 1 aromatic heterocycles. The number of rotatable bonds is 3. The van der Waals surface area contributed by atoms with E-state index in [0.717, 1.165) is 0 Å². The van der Waals surface area contributed by atoms with E-state index in [-0.39, 0.29) is 22.6 Å². The zero-order valence-electron chi connectivity index (χ0n) is 11.6. The summed E-state index contributed by atoms with van der Waals surface area (Å²) >= 11 is 0. The van der Waals surface area contributed by atoms with E-state index >= 15 is 0 Å². The number of fused-ring (bicyclic) bond motifs is 1. The fourth-order valence-corrected chi connectivity index (χ4v) is 2.24. The molecule has 0 aliphatic carbocycles. The van der Waals surface area contributed by atoms with Crippen LogP contribution in [0.15, 0.2) is 42.6 Å². The Morgan fingerprint density at radius 3 is 2.52 bits per heavy atom. The maximum absolute atomic E-state index is 12.7. The van der Waals surface area contributed by atoms with Crippen molar-refractivity contribution in [3.8, 4) is 11.5 Å². The van der Waals surface area contributed by atoms with Gasteiger partial charge in [-0.3, -0.25) is 4.79 Å². The molecule has 0 aliphatic heterocycles. The first-order valence-corrected chi connectivity index (χ1v) is 6.55. The smallest absolute Gasteiger partial charge is 0.333 e. The minimum atomic E-state index is -2.76. The third-order valence-corrected chi connectivity index (χ3v) is 3.29. The van der Waals surface area contributed by atoms with E-state index in [2.05, 4.69) is 10.4 Å². The van der Waals surface area contributed by atoms with Crippen molar-refractivity contribution in [2.24, 2.45) is 0 Å². The second-order valence-corrected chi connectivity index (χ2v) is 4.77. The Balaban J connectivity index is 1.91. The third-order valence-electron chi connectivity index (χ3n) is 3.29. The number of hydrogen-bond acceptors (Lipinski definition) is 4. The molecule has 2 aromatic carbocycles. The van der Waals surface area contributed by atoms with Crippen LogP contribution in [0.5, 0.6) is 11.5 Å². The molecular formula is C15H11F2N3O3. The molecule has 1 heterocycles. The highest BCUT2D eigenvalue weighted by atomic mass is 19.3. The van der Waals surface area contributed by atoms with Gasteiger partial charge < -0.3 is 15.5 Å². The Morgan fingerprint density at radius 1 is 1.17 bits per heavy atom. The summed E-state index contributed by atoms with van der Waals surface area (Å²) in [5.41, 5.74) is 0.276. The maximum Gasteiger partial charge on any atom is 0.333 e. The van der Waals surface area contributed by atoms with Crippen LogP contribution in [-0.4, -0.2) is 25.9 Å². The van der Waals surface area contributed by atoms with Crippen LogP contribution in [-0.2, 0) is 0 Å². The Labute approximate surface area is 128 Å². The normalized spacial score (nSPS) is 11.1. The lowest BCUT2D eigenvalue weighted by Crippen LogP contribution is -2.12. The number of carbonyl (C=O) groups excluding carboxylic acids is 1. The largest absolute Gasteiger partial charge is 0.507 e. The van der Waals surface area contributed by atoms with Gasteiger partial charge in [-0.25, -0.2) is 4.68 Å². The van der Waals surface area contributed by atoms with E-state index in [0.29, 0.717) is 15.8 Å². The highest BCUT2D eigenvalue weighted by Crippen LogP contribution is 2.28. The fourth-order valence-electron chi connectivity index (χ4n) is 2.24. The van der Waals surface area contributed by atoms with Crippen molar-refractivity contribution < 1.29 is 23.8 Å². The van der Waals surface area contributed by atoms with Crippen LogP contribution in [0.2, 0.25) is 0 Å². The molecule has 3 aromatic rings. The quantitative estimate of drug-likeness (QED) is 0.692. The minimum absolute atomic E-state index is 0.225. The summed E-state index contributed by atoms with van der Waals surface area (Å²) in [6, 6.07) is 8.23. The van der Waals surface area contributed by atoms with Crippen LogP contribution in [0.4, 0.5) is 14.5 Å². The predicted octanol–water partition coefficient (Wildman–Crippen LogP) is 3.09. The van der Waals surface area contributed by atoms with Gasteiger partial charge in [0.1, 0.15) is 17.1 Å². The van der Waals surface area contributed by atoms with E-state index in [4.69, 9.17) is 0 Å². The van der Waals surface area contributed by atoms with Gasteiger partial charge in [0.2, 0.25) is 0 Å². The van der Waals surface area contributed by atoms with Crippen molar-refractivity contribution >= 4 is 22.5 Å². The van der Waals surface area contributed by atoms with Crippen molar-refractivity contribution in [3.63, 3.8) is 0 Å². The van der Waals surface area contributed by atoms with Crippen LogP contribution < -0.4 is 5.32 Å². The highest BCUT2D eigenvalue weighted by Gasteiger charge is 2.17. The second kappa shape index (κ2) is 5.56. The molecule has 0 fully saturated rings. The molecule has 0 saturated heterocycles. The molecule has 6 nitrogen and oxygen atoms in total. The van der Waals surface area contributed by atoms with Gasteiger partial charge in [0.25, 0.3) is 5.91 Å². The molecule has 3 N–H and O–H groups in total. The zero-order chi connectivity index (χ0) is 16.6. The van der Waals surface area contributed by atoms with Crippen molar-refractivity contribution in [1.29, 1.82) is 0 Å². The summed E-state index contributed by atoms with van der Waals surface area (Å²) in [7, 11) is 0. The number of halogens is 2. The van der Waals surface area contributed by atoms with E-state index in [1.807, 2.05) is 0 Å². The predicted molar refractivity (Wildman–Crippen MR) is 78.7 cm³/mol. The number of aromatic hydroxyl groups is 2. The van der Waals surface area contributed by atoms with Crippen LogP contribution in [0.1, 0.15) is 16.9 Å². The summed E-state index contributed by atoms with van der Waals surface area (Å²) in [6.07, 6.45) is 1.26. The van der Waals surface area contributed by atoms with Crippen LogP contribution in [0, 0.1) is 0 Å². The Kier molecular flexibility index (Phi) is 3.57. The lowest BCUT2D eigenvalue weighted by Gasteiger charge is -2.09. The lowest BCUT2D eigenvalue weighted by molar-refractivity contribution is 0.0615. The molecule has 8 heteroatoms. The van der Waals surface area contributed by atoms with E-state index in [1.165, 1.54) is 42.6 Å². The summed E-state index contributed by atoms with van der Waals surface area (Å²) < 4.78 is 26.0. The standard InChI is InChI=1S/C15H11F2N3O3/c16-15(17)20-10-5-4-9(6-8(10)7-18-20)19-14(23)13-11(21)2-1-3-12(13)22/h1-7,15,21-22H,(H,19,23). The van der Waals surface area contributed by atoms with Gasteiger partial charge in [-0.15, -0.1) is 0 Å². The Bertz CT molecular complexity index is 873. The number of benzene rings is 2. The molecule has 0 saturated carbocycles. The maximum atomic E-state index is 12.7. The first-order valence-electron chi connectivity index (χ1n) is 6.55. The average molecular weight is 319 g/mol. The molecular weight excluding hydrogens is 308 g/mol. The van der Waals surface area contributed by atoms with Crippen LogP contribution in [0.3, 0.4) is 0 Å². The molecule has 0 atom stereocenters. The number of nitrogens with one attached hydrogen (secondary N) is 1. The van der Waals surface area contributed by atoms with E-state index < -0.39 is 12.5 Å². The van der Waals surface area contributed by atoms with Gasteiger partial charge in [0, 0.05) is 11.1 Å². The summed E-state index contributed by atoms with van der Waals surface area (Å²) in [4.78, 5) is 12.1. The van der Waals surface area contributed by atoms with E-state index in [1.54, 1.807) is 0 Å². The molecule has 118 valence electrons. The fraction of sp³-hybridized carbons (Fsp3) is 0.0667.